The summed E-state index contributed by atoms with van der Waals surface area (Å²) in [7, 11) is -3.47. The molecule has 0 heterocycles. The Morgan fingerprint density at radius 3 is 2.27 bits per heavy atom. The molecule has 142 valence electrons. The van der Waals surface area contributed by atoms with E-state index in [0.29, 0.717) is 19.0 Å². The second kappa shape index (κ2) is 10.5. The molecule has 0 unspecified atom stereocenters. The van der Waals surface area contributed by atoms with Gasteiger partial charge in [0.2, 0.25) is 10.0 Å². The Balaban J connectivity index is 0.00000338. The third-order valence-electron chi connectivity index (χ3n) is 3.39. The number of anilines is 1. The van der Waals surface area contributed by atoms with Crippen LogP contribution in [0, 0.1) is 5.92 Å². The van der Waals surface area contributed by atoms with Crippen molar-refractivity contribution >= 4 is 45.6 Å². The monoisotopic (exact) mass is 488 g/mol. The van der Waals surface area contributed by atoms with Crippen LogP contribution in [0.1, 0.15) is 19.4 Å². The largest absolute Gasteiger partial charge is 0.370 e. The summed E-state index contributed by atoms with van der Waals surface area (Å²) in [6.07, 6.45) is 0. The van der Waals surface area contributed by atoms with E-state index in [0.717, 1.165) is 11.3 Å². The van der Waals surface area contributed by atoms with Crippen molar-refractivity contribution in [2.75, 3.05) is 11.9 Å². The minimum Gasteiger partial charge on any atom is -0.370 e. The molecule has 2 rings (SSSR count). The summed E-state index contributed by atoms with van der Waals surface area (Å²) in [4.78, 5) is 4.51. The van der Waals surface area contributed by atoms with E-state index in [1.54, 1.807) is 24.3 Å². The van der Waals surface area contributed by atoms with Crippen LogP contribution in [0.3, 0.4) is 0 Å². The van der Waals surface area contributed by atoms with Crippen LogP contribution >= 0.6 is 24.0 Å². The molecule has 6 nitrogen and oxygen atoms in total. The molecule has 0 aromatic heterocycles. The number of sulfonamides is 1. The fraction of sp³-hybridized carbons (Fsp3) is 0.278. The predicted molar refractivity (Wildman–Crippen MR) is 117 cm³/mol. The van der Waals surface area contributed by atoms with Gasteiger partial charge in [-0.25, -0.2) is 18.1 Å². The van der Waals surface area contributed by atoms with Crippen LogP contribution in [0.15, 0.2) is 64.5 Å². The summed E-state index contributed by atoms with van der Waals surface area (Å²) in [6, 6.07) is 16.2. The van der Waals surface area contributed by atoms with Gasteiger partial charge in [-0.3, -0.25) is 0 Å². The number of aliphatic imine (C=N–C) groups is 1. The molecule has 4 N–H and O–H groups in total. The van der Waals surface area contributed by atoms with E-state index in [-0.39, 0.29) is 34.8 Å². The van der Waals surface area contributed by atoms with Gasteiger partial charge in [0.1, 0.15) is 0 Å². The topological polar surface area (TPSA) is 96.6 Å². The quantitative estimate of drug-likeness (QED) is 0.317. The number of guanidine groups is 1. The number of nitrogens with two attached hydrogens (primary N) is 1. The maximum Gasteiger partial charge on any atom is 0.240 e. The number of para-hydroxylation sites is 1. The van der Waals surface area contributed by atoms with Gasteiger partial charge in [-0.2, -0.15) is 0 Å². The van der Waals surface area contributed by atoms with Gasteiger partial charge in [0.15, 0.2) is 5.96 Å². The Labute approximate surface area is 172 Å². The fourth-order valence-corrected chi connectivity index (χ4v) is 3.23. The molecular weight excluding hydrogens is 463 g/mol. The Hall–Kier alpha value is -1.65. The van der Waals surface area contributed by atoms with Crippen LogP contribution in [0.2, 0.25) is 0 Å². The van der Waals surface area contributed by atoms with Crippen molar-refractivity contribution in [1.29, 1.82) is 0 Å². The molecule has 0 bridgehead atoms. The van der Waals surface area contributed by atoms with E-state index in [4.69, 9.17) is 5.73 Å². The van der Waals surface area contributed by atoms with E-state index in [2.05, 4.69) is 15.0 Å². The lowest BCUT2D eigenvalue weighted by molar-refractivity contribution is 0.560. The van der Waals surface area contributed by atoms with Crippen molar-refractivity contribution in [2.24, 2.45) is 16.6 Å². The molecule has 8 heteroatoms. The number of halogens is 1. The molecule has 0 atom stereocenters. The molecule has 2 aromatic carbocycles. The molecule has 0 aliphatic carbocycles. The van der Waals surface area contributed by atoms with Gasteiger partial charge in [-0.05, 0) is 35.7 Å². The highest BCUT2D eigenvalue weighted by Gasteiger charge is 2.13. The van der Waals surface area contributed by atoms with Gasteiger partial charge in [-0.15, -0.1) is 24.0 Å². The summed E-state index contributed by atoms with van der Waals surface area (Å²) in [5, 5.41) is 3.00. The highest BCUT2D eigenvalue weighted by atomic mass is 127. The summed E-state index contributed by atoms with van der Waals surface area (Å²) < 4.78 is 26.9. The summed E-state index contributed by atoms with van der Waals surface area (Å²) in [5.41, 5.74) is 7.59. The minimum atomic E-state index is -3.47. The smallest absolute Gasteiger partial charge is 0.240 e. The molecule has 26 heavy (non-hydrogen) atoms. The van der Waals surface area contributed by atoms with E-state index >= 15 is 0 Å². The highest BCUT2D eigenvalue weighted by Crippen LogP contribution is 2.12. The van der Waals surface area contributed by atoms with Crippen LogP contribution in [0.25, 0.3) is 0 Å². The van der Waals surface area contributed by atoms with E-state index in [1.807, 2.05) is 44.2 Å². The van der Waals surface area contributed by atoms with Crippen molar-refractivity contribution in [3.8, 4) is 0 Å². The van der Waals surface area contributed by atoms with Gasteiger partial charge in [0.05, 0.1) is 11.4 Å². The molecule has 0 aliphatic rings. The Morgan fingerprint density at radius 2 is 1.69 bits per heavy atom. The molecule has 0 saturated heterocycles. The van der Waals surface area contributed by atoms with Crippen molar-refractivity contribution in [3.63, 3.8) is 0 Å². The SMILES string of the molecule is CC(C)CNS(=O)(=O)c1ccc(CN=C(N)Nc2ccccc2)cc1.I. The van der Waals surface area contributed by atoms with Crippen molar-refractivity contribution in [3.05, 3.63) is 60.2 Å². The van der Waals surface area contributed by atoms with Crippen molar-refractivity contribution < 1.29 is 8.42 Å². The average Bonchev–Trinajstić information content (AvgIpc) is 2.59. The summed E-state index contributed by atoms with van der Waals surface area (Å²) in [5.74, 6) is 0.560. The number of nitrogens with zero attached hydrogens (tertiary/aromatic N) is 1. The van der Waals surface area contributed by atoms with Crippen LogP contribution < -0.4 is 15.8 Å². The Kier molecular flexibility index (Phi) is 9.03. The maximum absolute atomic E-state index is 12.1. The van der Waals surface area contributed by atoms with Gasteiger partial charge in [-0.1, -0.05) is 44.2 Å². The zero-order valence-corrected chi connectivity index (χ0v) is 18.0. The van der Waals surface area contributed by atoms with Crippen LogP contribution in [0.4, 0.5) is 5.69 Å². The lowest BCUT2D eigenvalue weighted by Crippen LogP contribution is -2.27. The molecule has 0 fully saturated rings. The second-order valence-corrected chi connectivity index (χ2v) is 7.85. The molecule has 0 aliphatic heterocycles. The third-order valence-corrected chi connectivity index (χ3v) is 4.83. The zero-order chi connectivity index (χ0) is 18.3. The number of hydrogen-bond acceptors (Lipinski definition) is 3. The number of benzene rings is 2. The first-order valence-corrected chi connectivity index (χ1v) is 9.56. The molecular formula is C18H25IN4O2S. The zero-order valence-electron chi connectivity index (χ0n) is 14.8. The fourth-order valence-electron chi connectivity index (χ4n) is 2.02. The molecule has 0 amide bonds. The molecule has 0 saturated carbocycles. The number of hydrogen-bond donors (Lipinski definition) is 3. The molecule has 2 aromatic rings. The van der Waals surface area contributed by atoms with Gasteiger partial charge < -0.3 is 11.1 Å². The normalized spacial score (nSPS) is 11.9. The van der Waals surface area contributed by atoms with E-state index in [9.17, 15) is 8.42 Å². The van der Waals surface area contributed by atoms with Gasteiger partial charge in [0.25, 0.3) is 0 Å². The third kappa shape index (κ3) is 7.30. The minimum absolute atomic E-state index is 0. The van der Waals surface area contributed by atoms with Crippen molar-refractivity contribution in [1.82, 2.24) is 4.72 Å². The first-order valence-electron chi connectivity index (χ1n) is 8.07. The van der Waals surface area contributed by atoms with Crippen LogP contribution in [-0.2, 0) is 16.6 Å². The van der Waals surface area contributed by atoms with Crippen LogP contribution in [0.5, 0.6) is 0 Å². The maximum atomic E-state index is 12.1. The Morgan fingerprint density at radius 1 is 1.08 bits per heavy atom. The lowest BCUT2D eigenvalue weighted by Gasteiger charge is -2.09. The lowest BCUT2D eigenvalue weighted by atomic mass is 10.2. The highest BCUT2D eigenvalue weighted by molar-refractivity contribution is 14.0. The molecule has 0 spiro atoms. The first-order chi connectivity index (χ1) is 11.9. The number of rotatable bonds is 7. The van der Waals surface area contributed by atoms with Gasteiger partial charge in [0, 0.05) is 12.2 Å². The summed E-state index contributed by atoms with van der Waals surface area (Å²) in [6.45, 7) is 4.69. The second-order valence-electron chi connectivity index (χ2n) is 6.08. The number of nitrogens with one attached hydrogen (secondary N) is 2. The predicted octanol–water partition coefficient (Wildman–Crippen LogP) is 3.17. The van der Waals surface area contributed by atoms with E-state index in [1.165, 1.54) is 0 Å². The first kappa shape index (κ1) is 22.4. The standard InChI is InChI=1S/C18H24N4O2S.HI/c1-14(2)12-21-25(23,24)17-10-8-15(9-11-17)13-20-18(19)22-16-6-4-3-5-7-16;/h3-11,14,21H,12-13H2,1-2H3,(H3,19,20,22);1H. The summed E-state index contributed by atoms with van der Waals surface area (Å²) >= 11 is 0. The van der Waals surface area contributed by atoms with Crippen LogP contribution in [-0.4, -0.2) is 20.9 Å². The van der Waals surface area contributed by atoms with Crippen molar-refractivity contribution in [2.45, 2.75) is 25.3 Å². The van der Waals surface area contributed by atoms with Gasteiger partial charge >= 0.3 is 0 Å². The van der Waals surface area contributed by atoms with E-state index < -0.39 is 10.0 Å². The average molecular weight is 488 g/mol. The Bertz CT molecular complexity index is 807. The molecule has 0 radical (unpaired) electrons.